The normalized spacial score (nSPS) is 10.4. The molecular weight excluding hydrogens is 299 g/mol. The van der Waals surface area contributed by atoms with Crippen molar-refractivity contribution in [1.82, 2.24) is 4.37 Å². The molecule has 0 bridgehead atoms. The number of carbonyl (C=O) groups is 1. The van der Waals surface area contributed by atoms with Gasteiger partial charge in [-0.2, -0.15) is 4.37 Å². The van der Waals surface area contributed by atoms with Crippen LogP contribution in [0.15, 0.2) is 60.7 Å². The summed E-state index contributed by atoms with van der Waals surface area (Å²) in [6.45, 7) is 0. The molecule has 2 aromatic carbocycles. The molecule has 1 heterocycles. The SMILES string of the molecule is O=C(Cc1cccc(F)c1)Nc1cc(-c2ccccc2)ns1. The molecule has 22 heavy (non-hydrogen) atoms. The van der Waals surface area contributed by atoms with Gasteiger partial charge in [-0.1, -0.05) is 42.5 Å². The average Bonchev–Trinajstić information content (AvgIpc) is 2.96. The van der Waals surface area contributed by atoms with E-state index in [1.165, 1.54) is 23.7 Å². The highest BCUT2D eigenvalue weighted by molar-refractivity contribution is 7.10. The first-order chi connectivity index (χ1) is 10.7. The van der Waals surface area contributed by atoms with Crippen molar-refractivity contribution >= 4 is 22.4 Å². The summed E-state index contributed by atoms with van der Waals surface area (Å²) in [7, 11) is 0. The molecule has 0 saturated heterocycles. The number of halogens is 1. The summed E-state index contributed by atoms with van der Waals surface area (Å²) in [6, 6.07) is 17.6. The van der Waals surface area contributed by atoms with Crippen LogP contribution < -0.4 is 5.32 Å². The maximum absolute atomic E-state index is 13.1. The third-order valence-corrected chi connectivity index (χ3v) is 3.80. The Balaban J connectivity index is 1.66. The van der Waals surface area contributed by atoms with Gasteiger partial charge < -0.3 is 5.32 Å². The van der Waals surface area contributed by atoms with Gasteiger partial charge in [-0.3, -0.25) is 4.79 Å². The van der Waals surface area contributed by atoms with Gasteiger partial charge in [0.1, 0.15) is 10.8 Å². The Labute approximate surface area is 131 Å². The number of nitrogens with zero attached hydrogens (tertiary/aromatic N) is 1. The van der Waals surface area contributed by atoms with Crippen LogP contribution in [0, 0.1) is 5.82 Å². The van der Waals surface area contributed by atoms with E-state index in [9.17, 15) is 9.18 Å². The van der Waals surface area contributed by atoms with E-state index < -0.39 is 0 Å². The summed E-state index contributed by atoms with van der Waals surface area (Å²) in [5, 5.41) is 3.48. The largest absolute Gasteiger partial charge is 0.316 e. The van der Waals surface area contributed by atoms with Crippen LogP contribution in [0.2, 0.25) is 0 Å². The number of carbonyl (C=O) groups excluding carboxylic acids is 1. The molecule has 1 amide bonds. The lowest BCUT2D eigenvalue weighted by molar-refractivity contribution is -0.115. The molecule has 0 fully saturated rings. The van der Waals surface area contributed by atoms with E-state index in [2.05, 4.69) is 9.69 Å². The first-order valence-corrected chi connectivity index (χ1v) is 7.54. The molecule has 0 radical (unpaired) electrons. The maximum atomic E-state index is 13.1. The summed E-state index contributed by atoms with van der Waals surface area (Å²) in [5.41, 5.74) is 2.47. The van der Waals surface area contributed by atoms with Crippen LogP contribution in [-0.2, 0) is 11.2 Å². The number of hydrogen-bond donors (Lipinski definition) is 1. The zero-order chi connectivity index (χ0) is 15.4. The van der Waals surface area contributed by atoms with Gasteiger partial charge in [0, 0.05) is 11.6 Å². The van der Waals surface area contributed by atoms with E-state index in [1.807, 2.05) is 36.4 Å². The Hall–Kier alpha value is -2.53. The second-order valence-electron chi connectivity index (χ2n) is 4.80. The third kappa shape index (κ3) is 3.56. The monoisotopic (exact) mass is 312 g/mol. The van der Waals surface area contributed by atoms with Gasteiger partial charge >= 0.3 is 0 Å². The lowest BCUT2D eigenvalue weighted by atomic mass is 10.1. The second-order valence-corrected chi connectivity index (χ2v) is 5.60. The summed E-state index contributed by atoms with van der Waals surface area (Å²) < 4.78 is 17.4. The molecule has 3 rings (SSSR count). The van der Waals surface area contributed by atoms with Gasteiger partial charge in [0.05, 0.1) is 12.1 Å². The molecule has 0 aliphatic heterocycles. The van der Waals surface area contributed by atoms with E-state index in [0.29, 0.717) is 10.6 Å². The van der Waals surface area contributed by atoms with Crippen molar-refractivity contribution < 1.29 is 9.18 Å². The second kappa shape index (κ2) is 6.49. The fourth-order valence-corrected chi connectivity index (χ4v) is 2.77. The van der Waals surface area contributed by atoms with Gasteiger partial charge in [-0.15, -0.1) is 0 Å². The molecule has 0 spiro atoms. The number of rotatable bonds is 4. The van der Waals surface area contributed by atoms with Crippen molar-refractivity contribution in [1.29, 1.82) is 0 Å². The van der Waals surface area contributed by atoms with Crippen molar-refractivity contribution in [3.05, 3.63) is 72.0 Å². The highest BCUT2D eigenvalue weighted by atomic mass is 32.1. The van der Waals surface area contributed by atoms with Crippen LogP contribution in [0.25, 0.3) is 11.3 Å². The minimum absolute atomic E-state index is 0.135. The van der Waals surface area contributed by atoms with E-state index in [0.717, 1.165) is 11.3 Å². The third-order valence-electron chi connectivity index (χ3n) is 3.10. The summed E-state index contributed by atoms with van der Waals surface area (Å²) in [5.74, 6) is -0.525. The molecule has 0 saturated carbocycles. The van der Waals surface area contributed by atoms with Crippen LogP contribution >= 0.6 is 11.5 Å². The van der Waals surface area contributed by atoms with E-state index in [4.69, 9.17) is 0 Å². The fourth-order valence-electron chi connectivity index (χ4n) is 2.09. The topological polar surface area (TPSA) is 42.0 Å². The quantitative estimate of drug-likeness (QED) is 0.787. The molecule has 3 aromatic rings. The average molecular weight is 312 g/mol. The summed E-state index contributed by atoms with van der Waals surface area (Å²) >= 11 is 1.23. The highest BCUT2D eigenvalue weighted by Gasteiger charge is 2.09. The molecule has 5 heteroatoms. The van der Waals surface area contributed by atoms with Crippen LogP contribution in [0.4, 0.5) is 9.39 Å². The van der Waals surface area contributed by atoms with Gasteiger partial charge in [0.15, 0.2) is 0 Å². The molecule has 0 atom stereocenters. The molecule has 0 aliphatic carbocycles. The van der Waals surface area contributed by atoms with Gasteiger partial charge in [-0.05, 0) is 29.2 Å². The maximum Gasteiger partial charge on any atom is 0.229 e. The molecule has 3 nitrogen and oxygen atoms in total. The number of anilines is 1. The zero-order valence-corrected chi connectivity index (χ0v) is 12.4. The number of nitrogens with one attached hydrogen (secondary N) is 1. The number of hydrogen-bond acceptors (Lipinski definition) is 3. The van der Waals surface area contributed by atoms with Crippen molar-refractivity contribution in [2.24, 2.45) is 0 Å². The highest BCUT2D eigenvalue weighted by Crippen LogP contribution is 2.25. The molecule has 1 N–H and O–H groups in total. The predicted octanol–water partition coefficient (Wildman–Crippen LogP) is 4.13. The first kappa shape index (κ1) is 14.4. The predicted molar refractivity (Wildman–Crippen MR) is 86.3 cm³/mol. The van der Waals surface area contributed by atoms with E-state index in [-0.39, 0.29) is 18.1 Å². The minimum atomic E-state index is -0.338. The van der Waals surface area contributed by atoms with Crippen molar-refractivity contribution in [2.45, 2.75) is 6.42 Å². The van der Waals surface area contributed by atoms with Crippen molar-refractivity contribution in [3.63, 3.8) is 0 Å². The summed E-state index contributed by atoms with van der Waals surface area (Å²) in [6.07, 6.45) is 0.135. The molecule has 1 aromatic heterocycles. The summed E-state index contributed by atoms with van der Waals surface area (Å²) in [4.78, 5) is 12.0. The van der Waals surface area contributed by atoms with Crippen molar-refractivity contribution in [3.8, 4) is 11.3 Å². The molecule has 110 valence electrons. The Morgan fingerprint density at radius 2 is 1.91 bits per heavy atom. The number of benzene rings is 2. The minimum Gasteiger partial charge on any atom is -0.316 e. The lowest BCUT2D eigenvalue weighted by Gasteiger charge is -2.02. The van der Waals surface area contributed by atoms with E-state index in [1.54, 1.807) is 12.1 Å². The number of aromatic nitrogens is 1. The zero-order valence-electron chi connectivity index (χ0n) is 11.6. The van der Waals surface area contributed by atoms with Crippen LogP contribution in [0.1, 0.15) is 5.56 Å². The van der Waals surface area contributed by atoms with Crippen LogP contribution in [0.5, 0.6) is 0 Å². The Morgan fingerprint density at radius 1 is 1.09 bits per heavy atom. The van der Waals surface area contributed by atoms with Gasteiger partial charge in [-0.25, -0.2) is 4.39 Å². The fraction of sp³-hybridized carbons (Fsp3) is 0.0588. The number of amides is 1. The molecule has 0 unspecified atom stereocenters. The molecular formula is C17H13FN2OS. The van der Waals surface area contributed by atoms with Gasteiger partial charge in [0.2, 0.25) is 5.91 Å². The lowest BCUT2D eigenvalue weighted by Crippen LogP contribution is -2.13. The standard InChI is InChI=1S/C17H13FN2OS/c18-14-8-4-5-12(9-14)10-16(21)19-17-11-15(20-22-17)13-6-2-1-3-7-13/h1-9,11H,10H2,(H,19,21). The van der Waals surface area contributed by atoms with Crippen LogP contribution in [0.3, 0.4) is 0 Å². The molecule has 0 aliphatic rings. The van der Waals surface area contributed by atoms with Crippen molar-refractivity contribution in [2.75, 3.05) is 5.32 Å². The van der Waals surface area contributed by atoms with Crippen LogP contribution in [-0.4, -0.2) is 10.3 Å². The Bertz CT molecular complexity index is 786. The first-order valence-electron chi connectivity index (χ1n) is 6.77. The van der Waals surface area contributed by atoms with Gasteiger partial charge in [0.25, 0.3) is 0 Å². The van der Waals surface area contributed by atoms with E-state index >= 15 is 0 Å². The Kier molecular flexibility index (Phi) is 4.25. The smallest absolute Gasteiger partial charge is 0.229 e. The Morgan fingerprint density at radius 3 is 2.68 bits per heavy atom.